The van der Waals surface area contributed by atoms with Crippen molar-refractivity contribution in [3.05, 3.63) is 57.5 Å². The van der Waals surface area contributed by atoms with Crippen LogP contribution in [0.4, 0.5) is 0 Å². The number of carbonyl (C=O) groups is 1. The van der Waals surface area contributed by atoms with Crippen LogP contribution in [-0.4, -0.2) is 24.6 Å². The van der Waals surface area contributed by atoms with Crippen molar-refractivity contribution in [3.63, 3.8) is 0 Å². The third-order valence-corrected chi connectivity index (χ3v) is 3.19. The zero-order chi connectivity index (χ0) is 15.4. The SMILES string of the molecule is COc1ccc(C(=O)Cn2cc(Cl)ccc2=O)c(OC)c1. The van der Waals surface area contributed by atoms with E-state index in [4.69, 9.17) is 21.1 Å². The molecule has 0 saturated carbocycles. The number of methoxy groups -OCH3 is 2. The predicted molar refractivity (Wildman–Crippen MR) is 79.6 cm³/mol. The Bertz CT molecular complexity index is 724. The van der Waals surface area contributed by atoms with Gasteiger partial charge in [-0.2, -0.15) is 0 Å². The monoisotopic (exact) mass is 307 g/mol. The molecule has 0 fully saturated rings. The summed E-state index contributed by atoms with van der Waals surface area (Å²) in [7, 11) is 3.00. The van der Waals surface area contributed by atoms with Crippen LogP contribution in [0.5, 0.6) is 11.5 Å². The van der Waals surface area contributed by atoms with Crippen LogP contribution >= 0.6 is 11.6 Å². The molecule has 0 amide bonds. The van der Waals surface area contributed by atoms with Gasteiger partial charge in [0.2, 0.25) is 0 Å². The first-order chi connectivity index (χ1) is 10.0. The number of hydrogen-bond donors (Lipinski definition) is 0. The lowest BCUT2D eigenvalue weighted by Crippen LogP contribution is -2.23. The molecule has 1 heterocycles. The number of carbonyl (C=O) groups excluding carboxylic acids is 1. The molecule has 21 heavy (non-hydrogen) atoms. The third kappa shape index (κ3) is 3.44. The number of pyridine rings is 1. The van der Waals surface area contributed by atoms with Crippen molar-refractivity contribution >= 4 is 17.4 Å². The summed E-state index contributed by atoms with van der Waals surface area (Å²) in [4.78, 5) is 24.0. The average molecular weight is 308 g/mol. The summed E-state index contributed by atoms with van der Waals surface area (Å²) in [5.74, 6) is 0.733. The zero-order valence-corrected chi connectivity index (χ0v) is 12.4. The van der Waals surface area contributed by atoms with Crippen molar-refractivity contribution in [2.45, 2.75) is 6.54 Å². The van der Waals surface area contributed by atoms with Gasteiger partial charge in [-0.25, -0.2) is 0 Å². The molecule has 0 saturated heterocycles. The second-order valence-electron chi connectivity index (χ2n) is 4.30. The first-order valence-corrected chi connectivity index (χ1v) is 6.54. The van der Waals surface area contributed by atoms with Gasteiger partial charge < -0.3 is 14.0 Å². The van der Waals surface area contributed by atoms with Crippen LogP contribution < -0.4 is 15.0 Å². The van der Waals surface area contributed by atoms with Gasteiger partial charge in [-0.3, -0.25) is 9.59 Å². The Morgan fingerprint density at radius 2 is 1.95 bits per heavy atom. The summed E-state index contributed by atoms with van der Waals surface area (Å²) in [5, 5.41) is 0.393. The van der Waals surface area contributed by atoms with Crippen molar-refractivity contribution in [3.8, 4) is 11.5 Å². The maximum absolute atomic E-state index is 12.3. The summed E-state index contributed by atoms with van der Waals surface area (Å²) in [5.41, 5.74) is 0.0883. The van der Waals surface area contributed by atoms with Gasteiger partial charge in [0.15, 0.2) is 5.78 Å². The van der Waals surface area contributed by atoms with Gasteiger partial charge in [0.05, 0.1) is 31.4 Å². The van der Waals surface area contributed by atoms with Crippen molar-refractivity contribution in [2.75, 3.05) is 14.2 Å². The highest BCUT2D eigenvalue weighted by molar-refractivity contribution is 6.30. The van der Waals surface area contributed by atoms with E-state index >= 15 is 0 Å². The van der Waals surface area contributed by atoms with E-state index in [1.165, 1.54) is 37.1 Å². The smallest absolute Gasteiger partial charge is 0.251 e. The second-order valence-corrected chi connectivity index (χ2v) is 4.74. The Morgan fingerprint density at radius 1 is 1.19 bits per heavy atom. The van der Waals surface area contributed by atoms with Gasteiger partial charge in [0, 0.05) is 18.3 Å². The standard InChI is InChI=1S/C15H14ClNO4/c1-20-11-4-5-12(14(7-11)21-2)13(18)9-17-8-10(16)3-6-15(17)19/h3-8H,9H2,1-2H3. The molecule has 1 aromatic heterocycles. The predicted octanol–water partition coefficient (Wildman–Crippen LogP) is 2.40. The summed E-state index contributed by atoms with van der Waals surface area (Å²) in [6.07, 6.45) is 1.43. The number of rotatable bonds is 5. The lowest BCUT2D eigenvalue weighted by atomic mass is 10.1. The van der Waals surface area contributed by atoms with Gasteiger partial charge in [-0.15, -0.1) is 0 Å². The molecule has 0 unspecified atom stereocenters. The number of halogens is 1. The molecule has 0 aliphatic heterocycles. The first-order valence-electron chi connectivity index (χ1n) is 6.16. The van der Waals surface area contributed by atoms with Gasteiger partial charge >= 0.3 is 0 Å². The van der Waals surface area contributed by atoms with Crippen LogP contribution in [-0.2, 0) is 6.54 Å². The van der Waals surface area contributed by atoms with Crippen LogP contribution in [0.15, 0.2) is 41.3 Å². The molecule has 110 valence electrons. The fourth-order valence-corrected chi connectivity index (χ4v) is 2.08. The number of nitrogens with zero attached hydrogens (tertiary/aromatic N) is 1. The Labute approximate surface area is 126 Å². The van der Waals surface area contributed by atoms with E-state index in [-0.39, 0.29) is 17.9 Å². The molecule has 0 radical (unpaired) electrons. The number of hydrogen-bond acceptors (Lipinski definition) is 4. The second kappa shape index (κ2) is 6.45. The Balaban J connectivity index is 2.32. The maximum atomic E-state index is 12.3. The third-order valence-electron chi connectivity index (χ3n) is 2.97. The Kier molecular flexibility index (Phi) is 4.65. The van der Waals surface area contributed by atoms with Crippen molar-refractivity contribution in [1.29, 1.82) is 0 Å². The lowest BCUT2D eigenvalue weighted by Gasteiger charge is -2.10. The Hall–Kier alpha value is -2.27. The van der Waals surface area contributed by atoms with E-state index in [9.17, 15) is 9.59 Å². The molecule has 5 nitrogen and oxygen atoms in total. The normalized spacial score (nSPS) is 10.2. The van der Waals surface area contributed by atoms with Gasteiger partial charge in [0.25, 0.3) is 5.56 Å². The molecule has 2 aromatic rings. The fourth-order valence-electron chi connectivity index (χ4n) is 1.89. The van der Waals surface area contributed by atoms with Gasteiger partial charge in [-0.05, 0) is 18.2 Å². The van der Waals surface area contributed by atoms with Crippen LogP contribution in [0.25, 0.3) is 0 Å². The van der Waals surface area contributed by atoms with E-state index in [1.54, 1.807) is 18.2 Å². The van der Waals surface area contributed by atoms with E-state index < -0.39 is 0 Å². The van der Waals surface area contributed by atoms with Crippen LogP contribution in [0.1, 0.15) is 10.4 Å². The molecular formula is C15H14ClNO4. The lowest BCUT2D eigenvalue weighted by molar-refractivity contribution is 0.0968. The van der Waals surface area contributed by atoms with Crippen LogP contribution in [0, 0.1) is 0 Å². The first kappa shape index (κ1) is 15.1. The molecule has 0 N–H and O–H groups in total. The largest absolute Gasteiger partial charge is 0.497 e. The summed E-state index contributed by atoms with van der Waals surface area (Å²) in [6, 6.07) is 7.69. The van der Waals surface area contributed by atoms with E-state index in [2.05, 4.69) is 0 Å². The van der Waals surface area contributed by atoms with Crippen LogP contribution in [0.2, 0.25) is 5.02 Å². The Morgan fingerprint density at radius 3 is 2.62 bits per heavy atom. The molecule has 0 aliphatic carbocycles. The minimum Gasteiger partial charge on any atom is -0.497 e. The summed E-state index contributed by atoms with van der Waals surface area (Å²) < 4.78 is 11.5. The molecule has 2 rings (SSSR count). The van der Waals surface area contributed by atoms with E-state index in [0.717, 1.165) is 0 Å². The quantitative estimate of drug-likeness (QED) is 0.796. The number of ether oxygens (including phenoxy) is 2. The van der Waals surface area contributed by atoms with Crippen LogP contribution in [0.3, 0.4) is 0 Å². The topological polar surface area (TPSA) is 57.5 Å². The van der Waals surface area contributed by atoms with Crippen molar-refractivity contribution in [2.24, 2.45) is 0 Å². The highest BCUT2D eigenvalue weighted by atomic mass is 35.5. The highest BCUT2D eigenvalue weighted by Gasteiger charge is 2.14. The molecule has 0 aliphatic rings. The molecule has 0 atom stereocenters. The fraction of sp³-hybridized carbons (Fsp3) is 0.200. The minimum atomic E-state index is -0.291. The van der Waals surface area contributed by atoms with Crippen molar-refractivity contribution < 1.29 is 14.3 Å². The van der Waals surface area contributed by atoms with Gasteiger partial charge in [-0.1, -0.05) is 11.6 Å². The van der Waals surface area contributed by atoms with Gasteiger partial charge in [0.1, 0.15) is 11.5 Å². The van der Waals surface area contributed by atoms with E-state index in [1.807, 2.05) is 0 Å². The molecule has 0 spiro atoms. The van der Waals surface area contributed by atoms with Crippen molar-refractivity contribution in [1.82, 2.24) is 4.57 Å². The molecule has 1 aromatic carbocycles. The van der Waals surface area contributed by atoms with E-state index in [0.29, 0.717) is 22.1 Å². The maximum Gasteiger partial charge on any atom is 0.251 e. The number of aromatic nitrogens is 1. The summed E-state index contributed by atoms with van der Waals surface area (Å²) >= 11 is 5.83. The number of benzene rings is 1. The zero-order valence-electron chi connectivity index (χ0n) is 11.6. The number of Topliss-reactive ketones (excluding diaryl/α,β-unsaturated/α-hetero) is 1. The molecular weight excluding hydrogens is 294 g/mol. The minimum absolute atomic E-state index is 0.109. The molecule has 0 bridgehead atoms. The number of ketones is 1. The highest BCUT2D eigenvalue weighted by Crippen LogP contribution is 2.25. The molecule has 6 heteroatoms. The summed E-state index contributed by atoms with van der Waals surface area (Å²) in [6.45, 7) is -0.109. The average Bonchev–Trinajstić information content (AvgIpc) is 2.50.